The summed E-state index contributed by atoms with van der Waals surface area (Å²) >= 11 is 0. The van der Waals surface area contributed by atoms with Crippen LogP contribution in [0.3, 0.4) is 0 Å². The van der Waals surface area contributed by atoms with Gasteiger partial charge in [-0.15, -0.1) is 0 Å². The maximum Gasteiger partial charge on any atom is 0.416 e. The van der Waals surface area contributed by atoms with Gasteiger partial charge in [0, 0.05) is 31.9 Å². The van der Waals surface area contributed by atoms with Crippen LogP contribution in [-0.2, 0) is 11.0 Å². The highest BCUT2D eigenvalue weighted by Gasteiger charge is 2.31. The molecule has 1 aliphatic heterocycles. The summed E-state index contributed by atoms with van der Waals surface area (Å²) in [6, 6.07) is 5.63. The highest BCUT2D eigenvalue weighted by molar-refractivity contribution is 5.89. The molecule has 1 saturated heterocycles. The molecule has 1 aromatic rings. The number of nitrogens with one attached hydrogen (secondary N) is 1. The van der Waals surface area contributed by atoms with Gasteiger partial charge in [-0.1, -0.05) is 6.07 Å². The quantitative estimate of drug-likeness (QED) is 0.897. The van der Waals surface area contributed by atoms with E-state index in [-0.39, 0.29) is 44.2 Å². The standard InChI is InChI=1S/C15H15F3N4O2/c16-15(17,18)11-2-1-3-12(10-11)20-14(24)22-8-6-21(7-9-22)13(23)4-5-19/h1-3,10H,4,6-9H2,(H,20,24). The minimum absolute atomic E-state index is 0.0535. The van der Waals surface area contributed by atoms with E-state index in [9.17, 15) is 22.8 Å². The van der Waals surface area contributed by atoms with Crippen molar-refractivity contribution in [3.63, 3.8) is 0 Å². The van der Waals surface area contributed by atoms with Gasteiger partial charge in [0.05, 0.1) is 11.6 Å². The number of hydrogen-bond donors (Lipinski definition) is 1. The highest BCUT2D eigenvalue weighted by atomic mass is 19.4. The molecule has 0 aliphatic carbocycles. The number of benzene rings is 1. The normalized spacial score (nSPS) is 14.9. The summed E-state index contributed by atoms with van der Waals surface area (Å²) in [6.07, 6.45) is -4.69. The third-order valence-electron chi connectivity index (χ3n) is 3.59. The van der Waals surface area contributed by atoms with Gasteiger partial charge >= 0.3 is 12.2 Å². The molecule has 0 spiro atoms. The zero-order chi connectivity index (χ0) is 17.7. The number of anilines is 1. The third kappa shape index (κ3) is 4.38. The summed E-state index contributed by atoms with van der Waals surface area (Å²) in [5.41, 5.74) is -0.787. The Balaban J connectivity index is 1.93. The van der Waals surface area contributed by atoms with Crippen molar-refractivity contribution in [3.05, 3.63) is 29.8 Å². The van der Waals surface area contributed by atoms with E-state index >= 15 is 0 Å². The summed E-state index contributed by atoms with van der Waals surface area (Å²) in [4.78, 5) is 26.6. The van der Waals surface area contributed by atoms with Crippen LogP contribution in [0.2, 0.25) is 0 Å². The van der Waals surface area contributed by atoms with Crippen molar-refractivity contribution in [1.29, 1.82) is 5.26 Å². The average Bonchev–Trinajstić information content (AvgIpc) is 2.54. The van der Waals surface area contributed by atoms with Gasteiger partial charge in [-0.3, -0.25) is 4.79 Å². The number of alkyl halides is 3. The van der Waals surface area contributed by atoms with Crippen molar-refractivity contribution >= 4 is 17.6 Å². The minimum atomic E-state index is -4.48. The largest absolute Gasteiger partial charge is 0.416 e. The molecule has 1 aromatic carbocycles. The first kappa shape index (κ1) is 17.6. The minimum Gasteiger partial charge on any atom is -0.338 e. The first-order valence-corrected chi connectivity index (χ1v) is 7.19. The van der Waals surface area contributed by atoms with Gasteiger partial charge in [0.2, 0.25) is 5.91 Å². The fraction of sp³-hybridized carbons (Fsp3) is 0.400. The number of nitriles is 1. The molecule has 0 saturated carbocycles. The molecular formula is C15H15F3N4O2. The summed E-state index contributed by atoms with van der Waals surface area (Å²) in [6.45, 7) is 1.08. The van der Waals surface area contributed by atoms with Gasteiger partial charge in [0.15, 0.2) is 0 Å². The zero-order valence-corrected chi connectivity index (χ0v) is 12.6. The molecule has 24 heavy (non-hydrogen) atoms. The molecule has 1 heterocycles. The summed E-state index contributed by atoms with van der Waals surface area (Å²) in [5, 5.41) is 10.9. The molecule has 1 aliphatic rings. The Hall–Kier alpha value is -2.76. The van der Waals surface area contributed by atoms with Gasteiger partial charge in [-0.25, -0.2) is 4.79 Å². The van der Waals surface area contributed by atoms with Crippen LogP contribution in [0, 0.1) is 11.3 Å². The number of carbonyl (C=O) groups is 2. The summed E-state index contributed by atoms with van der Waals surface area (Å²) < 4.78 is 38.0. The molecule has 0 aromatic heterocycles. The Labute approximate surface area is 136 Å². The number of piperazine rings is 1. The maximum atomic E-state index is 12.7. The Kier molecular flexibility index (Phi) is 5.28. The van der Waals surface area contributed by atoms with Crippen molar-refractivity contribution in [2.45, 2.75) is 12.6 Å². The van der Waals surface area contributed by atoms with E-state index in [4.69, 9.17) is 5.26 Å². The molecular weight excluding hydrogens is 325 g/mol. The van der Waals surface area contributed by atoms with Gasteiger partial charge in [-0.2, -0.15) is 18.4 Å². The lowest BCUT2D eigenvalue weighted by molar-refractivity contribution is -0.137. The molecule has 9 heteroatoms. The second kappa shape index (κ2) is 7.21. The molecule has 2 rings (SSSR count). The van der Waals surface area contributed by atoms with Crippen LogP contribution < -0.4 is 5.32 Å². The van der Waals surface area contributed by atoms with Crippen LogP contribution in [0.4, 0.5) is 23.7 Å². The van der Waals surface area contributed by atoms with E-state index in [2.05, 4.69) is 5.32 Å². The number of halogens is 3. The zero-order valence-electron chi connectivity index (χ0n) is 12.6. The number of amides is 3. The third-order valence-corrected chi connectivity index (χ3v) is 3.59. The van der Waals surface area contributed by atoms with Crippen LogP contribution in [0.25, 0.3) is 0 Å². The highest BCUT2D eigenvalue weighted by Crippen LogP contribution is 2.30. The Bertz CT molecular complexity index is 661. The van der Waals surface area contributed by atoms with Crippen molar-refractivity contribution < 1.29 is 22.8 Å². The number of carbonyl (C=O) groups excluding carboxylic acids is 2. The van der Waals surface area contributed by atoms with E-state index in [1.807, 2.05) is 0 Å². The molecule has 3 amide bonds. The predicted molar refractivity (Wildman–Crippen MR) is 78.8 cm³/mol. The molecule has 1 N–H and O–H groups in total. The van der Waals surface area contributed by atoms with Crippen molar-refractivity contribution in [3.8, 4) is 6.07 Å². The predicted octanol–water partition coefficient (Wildman–Crippen LogP) is 2.30. The second-order valence-corrected chi connectivity index (χ2v) is 5.21. The van der Waals surface area contributed by atoms with Crippen LogP contribution in [-0.4, -0.2) is 47.9 Å². The van der Waals surface area contributed by atoms with E-state index < -0.39 is 17.8 Å². The first-order valence-electron chi connectivity index (χ1n) is 7.19. The Morgan fingerprint density at radius 1 is 1.17 bits per heavy atom. The lowest BCUT2D eigenvalue weighted by Gasteiger charge is -2.34. The Morgan fingerprint density at radius 3 is 2.38 bits per heavy atom. The van der Waals surface area contributed by atoms with Crippen molar-refractivity contribution in [1.82, 2.24) is 9.80 Å². The number of rotatable bonds is 2. The number of hydrogen-bond acceptors (Lipinski definition) is 3. The summed E-state index contributed by atoms with van der Waals surface area (Å²) in [7, 11) is 0. The van der Waals surface area contributed by atoms with Crippen LogP contribution in [0.15, 0.2) is 24.3 Å². The fourth-order valence-corrected chi connectivity index (χ4v) is 2.31. The monoisotopic (exact) mass is 340 g/mol. The molecule has 0 bridgehead atoms. The topological polar surface area (TPSA) is 76.4 Å². The first-order chi connectivity index (χ1) is 11.3. The summed E-state index contributed by atoms with van der Waals surface area (Å²) in [5.74, 6) is -0.296. The number of urea groups is 1. The van der Waals surface area contributed by atoms with Crippen LogP contribution in [0.5, 0.6) is 0 Å². The fourth-order valence-electron chi connectivity index (χ4n) is 2.31. The molecule has 0 atom stereocenters. The molecule has 6 nitrogen and oxygen atoms in total. The van der Waals surface area contributed by atoms with Gasteiger partial charge < -0.3 is 15.1 Å². The molecule has 0 unspecified atom stereocenters. The maximum absolute atomic E-state index is 12.7. The van der Waals surface area contributed by atoms with E-state index in [0.29, 0.717) is 0 Å². The smallest absolute Gasteiger partial charge is 0.338 e. The van der Waals surface area contributed by atoms with Gasteiger partial charge in [0.25, 0.3) is 0 Å². The van der Waals surface area contributed by atoms with E-state index in [0.717, 1.165) is 12.1 Å². The number of nitrogens with zero attached hydrogens (tertiary/aromatic N) is 3. The lowest BCUT2D eigenvalue weighted by atomic mass is 10.2. The van der Waals surface area contributed by atoms with E-state index in [1.165, 1.54) is 21.9 Å². The molecule has 0 radical (unpaired) electrons. The van der Waals surface area contributed by atoms with Gasteiger partial charge in [-0.05, 0) is 18.2 Å². The van der Waals surface area contributed by atoms with Crippen LogP contribution >= 0.6 is 0 Å². The van der Waals surface area contributed by atoms with Crippen LogP contribution in [0.1, 0.15) is 12.0 Å². The Morgan fingerprint density at radius 2 is 1.79 bits per heavy atom. The molecule has 128 valence electrons. The second-order valence-electron chi connectivity index (χ2n) is 5.21. The van der Waals surface area contributed by atoms with E-state index in [1.54, 1.807) is 6.07 Å². The van der Waals surface area contributed by atoms with Crippen molar-refractivity contribution in [2.75, 3.05) is 31.5 Å². The lowest BCUT2D eigenvalue weighted by Crippen LogP contribution is -2.51. The molecule has 1 fully saturated rings. The van der Waals surface area contributed by atoms with Crippen molar-refractivity contribution in [2.24, 2.45) is 0 Å². The average molecular weight is 340 g/mol. The van der Waals surface area contributed by atoms with Gasteiger partial charge in [0.1, 0.15) is 6.42 Å². The SMILES string of the molecule is N#CCC(=O)N1CCN(C(=O)Nc2cccc(C(F)(F)F)c2)CC1.